The van der Waals surface area contributed by atoms with Crippen LogP contribution in [0.15, 0.2) is 41.5 Å². The maximum absolute atomic E-state index is 15.0. The topological polar surface area (TPSA) is 89.6 Å². The fraction of sp³-hybridized carbons (Fsp3) is 0.480. The number of nitrogens with two attached hydrogens (primary N) is 1. The molecule has 0 saturated heterocycles. The van der Waals surface area contributed by atoms with Crippen LogP contribution < -0.4 is 11.1 Å². The molecule has 2 saturated carbocycles. The number of alkyl halides is 2. The third-order valence-corrected chi connectivity index (χ3v) is 7.11. The van der Waals surface area contributed by atoms with Crippen LogP contribution in [-0.4, -0.2) is 28.4 Å². The third kappa shape index (κ3) is 4.48. The number of aliphatic imine (C=N–C) groups is 1. The summed E-state index contributed by atoms with van der Waals surface area (Å²) in [5.74, 6) is -3.14. The molecule has 5 rings (SSSR count). The van der Waals surface area contributed by atoms with Gasteiger partial charge in [-0.2, -0.15) is 0 Å². The fourth-order valence-electron chi connectivity index (χ4n) is 5.11. The van der Waals surface area contributed by atoms with Crippen LogP contribution in [-0.2, 0) is 10.3 Å². The molecule has 34 heavy (non-hydrogen) atoms. The summed E-state index contributed by atoms with van der Waals surface area (Å²) in [6.45, 7) is 1.71. The van der Waals surface area contributed by atoms with Gasteiger partial charge in [0.15, 0.2) is 0 Å². The van der Waals surface area contributed by atoms with Crippen LogP contribution >= 0.6 is 0 Å². The highest BCUT2D eigenvalue weighted by molar-refractivity contribution is 6.02. The molecule has 6 nitrogen and oxygen atoms in total. The van der Waals surface area contributed by atoms with Gasteiger partial charge in [-0.15, -0.1) is 0 Å². The molecule has 1 atom stereocenters. The fourth-order valence-corrected chi connectivity index (χ4v) is 5.11. The van der Waals surface area contributed by atoms with Crippen molar-refractivity contribution in [2.45, 2.75) is 74.8 Å². The van der Waals surface area contributed by atoms with E-state index in [1.807, 2.05) is 6.07 Å². The van der Waals surface area contributed by atoms with Gasteiger partial charge in [-0.05, 0) is 68.4 Å². The maximum Gasteiger partial charge on any atom is 0.283 e. The Bertz CT molecular complexity index is 1140. The van der Waals surface area contributed by atoms with E-state index in [-0.39, 0.29) is 49.4 Å². The summed E-state index contributed by atoms with van der Waals surface area (Å²) >= 11 is 0. The molecule has 1 aromatic heterocycles. The lowest BCUT2D eigenvalue weighted by atomic mass is 9.72. The summed E-state index contributed by atoms with van der Waals surface area (Å²) < 4.78 is 48.3. The number of amides is 1. The molecule has 9 heteroatoms. The van der Waals surface area contributed by atoms with E-state index in [9.17, 15) is 18.0 Å². The van der Waals surface area contributed by atoms with Gasteiger partial charge < -0.3 is 15.8 Å². The largest absolute Gasteiger partial charge is 0.459 e. The number of pyridine rings is 1. The van der Waals surface area contributed by atoms with E-state index in [4.69, 9.17) is 10.5 Å². The number of carbonyl (C=O) groups is 1. The number of nitrogens with zero attached hydrogens (tertiary/aromatic N) is 2. The van der Waals surface area contributed by atoms with E-state index in [2.05, 4.69) is 15.3 Å². The first kappa shape index (κ1) is 22.7. The Hall–Kier alpha value is -3.10. The minimum absolute atomic E-state index is 0.104. The van der Waals surface area contributed by atoms with Crippen LogP contribution in [0.4, 0.5) is 18.9 Å². The number of nitrogens with one attached hydrogen (secondary N) is 1. The number of anilines is 1. The molecular formula is C25H27F3N4O2. The molecular weight excluding hydrogens is 445 g/mol. The highest BCUT2D eigenvalue weighted by Gasteiger charge is 2.51. The smallest absolute Gasteiger partial charge is 0.283 e. The Morgan fingerprint density at radius 2 is 1.88 bits per heavy atom. The SMILES string of the molecule is C[C@@]1(c2cc(NC(=O)c3ccc(C4CC4)cn3)ccc2F)CC2(CCC(F)(F)CC2)OC(N)=N1. The predicted molar refractivity (Wildman–Crippen MR) is 121 cm³/mol. The zero-order valence-corrected chi connectivity index (χ0v) is 18.9. The van der Waals surface area contributed by atoms with Crippen molar-refractivity contribution in [3.63, 3.8) is 0 Å². The molecule has 2 heterocycles. The third-order valence-electron chi connectivity index (χ3n) is 7.11. The lowest BCUT2D eigenvalue weighted by molar-refractivity contribution is -0.112. The molecule has 1 spiro atoms. The van der Waals surface area contributed by atoms with Crippen LogP contribution in [0.3, 0.4) is 0 Å². The molecule has 0 unspecified atom stereocenters. The number of ether oxygens (including phenoxy) is 1. The summed E-state index contributed by atoms with van der Waals surface area (Å²) in [6, 6.07) is 7.67. The van der Waals surface area contributed by atoms with Crippen molar-refractivity contribution < 1.29 is 22.7 Å². The number of amidine groups is 1. The number of hydrogen-bond acceptors (Lipinski definition) is 5. The number of carbonyl (C=O) groups excluding carboxylic acids is 1. The van der Waals surface area contributed by atoms with Crippen LogP contribution in [0, 0.1) is 5.82 Å². The Morgan fingerprint density at radius 3 is 2.53 bits per heavy atom. The zero-order chi connectivity index (χ0) is 24.1. The van der Waals surface area contributed by atoms with Crippen molar-refractivity contribution >= 4 is 17.6 Å². The molecule has 2 aliphatic carbocycles. The second-order valence-electron chi connectivity index (χ2n) is 9.94. The highest BCUT2D eigenvalue weighted by Crippen LogP contribution is 2.49. The average molecular weight is 473 g/mol. The van der Waals surface area contributed by atoms with Crippen molar-refractivity contribution in [1.29, 1.82) is 0 Å². The van der Waals surface area contributed by atoms with Crippen LogP contribution in [0.1, 0.15) is 79.4 Å². The van der Waals surface area contributed by atoms with Crippen molar-refractivity contribution in [3.05, 3.63) is 59.2 Å². The summed E-state index contributed by atoms with van der Waals surface area (Å²) in [7, 11) is 0. The molecule has 1 amide bonds. The second kappa shape index (κ2) is 7.99. The van der Waals surface area contributed by atoms with Crippen LogP contribution in [0.2, 0.25) is 0 Å². The Morgan fingerprint density at radius 1 is 1.15 bits per heavy atom. The van der Waals surface area contributed by atoms with Gasteiger partial charge in [-0.3, -0.25) is 9.78 Å². The summed E-state index contributed by atoms with van der Waals surface area (Å²) in [5, 5.41) is 2.76. The Kier molecular flexibility index (Phi) is 5.33. The number of halogens is 3. The van der Waals surface area contributed by atoms with Crippen molar-refractivity contribution in [1.82, 2.24) is 4.98 Å². The average Bonchev–Trinajstić information content (AvgIpc) is 3.62. The molecule has 2 aromatic rings. The van der Waals surface area contributed by atoms with E-state index in [1.165, 1.54) is 18.2 Å². The van der Waals surface area contributed by atoms with Gasteiger partial charge in [-0.25, -0.2) is 18.2 Å². The lowest BCUT2D eigenvalue weighted by Crippen LogP contribution is -2.51. The highest BCUT2D eigenvalue weighted by atomic mass is 19.3. The second-order valence-corrected chi connectivity index (χ2v) is 9.94. The number of benzene rings is 1. The van der Waals surface area contributed by atoms with Crippen LogP contribution in [0.5, 0.6) is 0 Å². The maximum atomic E-state index is 15.0. The molecule has 1 aromatic carbocycles. The van der Waals surface area contributed by atoms with Crippen molar-refractivity contribution in [2.75, 3.05) is 5.32 Å². The van der Waals surface area contributed by atoms with Gasteiger partial charge in [0.2, 0.25) is 5.92 Å². The first-order chi connectivity index (χ1) is 16.1. The van der Waals surface area contributed by atoms with E-state index in [0.717, 1.165) is 18.4 Å². The van der Waals surface area contributed by atoms with E-state index in [0.29, 0.717) is 11.6 Å². The minimum atomic E-state index is -2.74. The molecule has 1 aliphatic heterocycles. The van der Waals surface area contributed by atoms with E-state index in [1.54, 1.807) is 19.2 Å². The molecule has 3 N–H and O–H groups in total. The van der Waals surface area contributed by atoms with E-state index >= 15 is 0 Å². The first-order valence-electron chi connectivity index (χ1n) is 11.6. The molecule has 180 valence electrons. The monoisotopic (exact) mass is 472 g/mol. The Labute approximate surface area is 195 Å². The molecule has 0 bridgehead atoms. The summed E-state index contributed by atoms with van der Waals surface area (Å²) in [4.78, 5) is 21.3. The van der Waals surface area contributed by atoms with Crippen molar-refractivity contribution in [3.8, 4) is 0 Å². The van der Waals surface area contributed by atoms with Gasteiger partial charge in [0, 0.05) is 36.7 Å². The summed E-state index contributed by atoms with van der Waals surface area (Å²) in [6.07, 6.45) is 3.78. The number of aromatic nitrogens is 1. The standard InChI is InChI=1S/C25H27F3N4O2/c1-23(14-24(34-22(29)32-23)8-10-25(27,28)11-9-24)18-12-17(5-6-19(18)26)31-21(33)20-7-4-16(13-30-20)15-2-3-15/h4-7,12-13,15H,2-3,8-11,14H2,1H3,(H2,29,32)(H,31,33)/t23-/m0/s1. The molecule has 2 fully saturated rings. The van der Waals surface area contributed by atoms with Crippen molar-refractivity contribution in [2.24, 2.45) is 10.7 Å². The van der Waals surface area contributed by atoms with Gasteiger partial charge in [0.25, 0.3) is 11.9 Å². The van der Waals surface area contributed by atoms with E-state index < -0.39 is 28.8 Å². The van der Waals surface area contributed by atoms with Gasteiger partial charge in [0.05, 0.1) is 5.54 Å². The predicted octanol–water partition coefficient (Wildman–Crippen LogP) is 5.25. The quantitative estimate of drug-likeness (QED) is 0.636. The minimum Gasteiger partial charge on any atom is -0.459 e. The normalized spacial score (nSPS) is 25.4. The van der Waals surface area contributed by atoms with Gasteiger partial charge >= 0.3 is 0 Å². The van der Waals surface area contributed by atoms with Crippen LogP contribution in [0.25, 0.3) is 0 Å². The lowest BCUT2D eigenvalue weighted by Gasteiger charge is -2.47. The Balaban J connectivity index is 1.38. The number of hydrogen-bond donors (Lipinski definition) is 2. The van der Waals surface area contributed by atoms with Gasteiger partial charge in [-0.1, -0.05) is 6.07 Å². The number of rotatable bonds is 4. The molecule has 0 radical (unpaired) electrons. The molecule has 3 aliphatic rings. The zero-order valence-electron chi connectivity index (χ0n) is 18.9. The summed E-state index contributed by atoms with van der Waals surface area (Å²) in [5.41, 5.74) is 5.85. The van der Waals surface area contributed by atoms with Gasteiger partial charge in [0.1, 0.15) is 17.1 Å². The first-order valence-corrected chi connectivity index (χ1v) is 11.6.